The second-order valence-corrected chi connectivity index (χ2v) is 5.91. The summed E-state index contributed by atoms with van der Waals surface area (Å²) in [5, 5.41) is 3.40. The van der Waals surface area contributed by atoms with Gasteiger partial charge in [0.25, 0.3) is 0 Å². The lowest BCUT2D eigenvalue weighted by atomic mass is 9.92. The van der Waals surface area contributed by atoms with Crippen LogP contribution < -0.4 is 5.32 Å². The Labute approximate surface area is 117 Å². The van der Waals surface area contributed by atoms with Gasteiger partial charge in [-0.05, 0) is 57.4 Å². The van der Waals surface area contributed by atoms with Gasteiger partial charge in [0.05, 0.1) is 12.7 Å². The number of nitrogens with one attached hydrogen (secondary N) is 1. The summed E-state index contributed by atoms with van der Waals surface area (Å²) in [6, 6.07) is 5.03. The first-order chi connectivity index (χ1) is 9.11. The molecule has 19 heavy (non-hydrogen) atoms. The average molecular weight is 261 g/mol. The van der Waals surface area contributed by atoms with Gasteiger partial charge in [-0.2, -0.15) is 0 Å². The molecule has 0 bridgehead atoms. The van der Waals surface area contributed by atoms with Crippen molar-refractivity contribution in [2.45, 2.75) is 65.2 Å². The number of aryl methyl sites for hydroxylation is 3. The Morgan fingerprint density at radius 3 is 2.37 bits per heavy atom. The lowest BCUT2D eigenvalue weighted by Crippen LogP contribution is -2.41. The molecule has 2 nitrogen and oxygen atoms in total. The van der Waals surface area contributed by atoms with E-state index < -0.39 is 0 Å². The van der Waals surface area contributed by atoms with Crippen LogP contribution in [0.15, 0.2) is 12.1 Å². The molecule has 1 aliphatic carbocycles. The van der Waals surface area contributed by atoms with Crippen molar-refractivity contribution < 1.29 is 4.74 Å². The predicted octanol–water partition coefficient (Wildman–Crippen LogP) is 3.66. The van der Waals surface area contributed by atoms with Gasteiger partial charge < -0.3 is 10.1 Å². The molecule has 1 fully saturated rings. The molecule has 1 aromatic rings. The fraction of sp³-hybridized carbons (Fsp3) is 0.647. The summed E-state index contributed by atoms with van der Waals surface area (Å²) in [7, 11) is 2.05. The highest BCUT2D eigenvalue weighted by atomic mass is 16.5. The fourth-order valence-electron chi connectivity index (χ4n) is 3.25. The number of ether oxygens (including phenoxy) is 1. The molecule has 0 spiro atoms. The third kappa shape index (κ3) is 3.58. The Bertz CT molecular complexity index is 404. The SMILES string of the molecule is CNC1CCCCC1OCc1c(C)cc(C)cc1C. The van der Waals surface area contributed by atoms with Gasteiger partial charge in [0, 0.05) is 6.04 Å². The van der Waals surface area contributed by atoms with Crippen molar-refractivity contribution in [1.82, 2.24) is 5.32 Å². The van der Waals surface area contributed by atoms with Crippen molar-refractivity contribution in [1.29, 1.82) is 0 Å². The van der Waals surface area contributed by atoms with Crippen LogP contribution in [0.1, 0.15) is 47.9 Å². The van der Waals surface area contributed by atoms with Crippen molar-refractivity contribution in [3.8, 4) is 0 Å². The Hall–Kier alpha value is -0.860. The van der Waals surface area contributed by atoms with E-state index in [2.05, 4.69) is 45.3 Å². The molecule has 0 heterocycles. The number of benzene rings is 1. The zero-order valence-corrected chi connectivity index (χ0v) is 12.8. The van der Waals surface area contributed by atoms with Crippen LogP contribution in [-0.2, 0) is 11.3 Å². The number of rotatable bonds is 4. The highest BCUT2D eigenvalue weighted by Gasteiger charge is 2.24. The van der Waals surface area contributed by atoms with E-state index in [-0.39, 0.29) is 0 Å². The fourth-order valence-corrected chi connectivity index (χ4v) is 3.25. The molecule has 0 radical (unpaired) electrons. The van der Waals surface area contributed by atoms with Gasteiger partial charge in [-0.25, -0.2) is 0 Å². The maximum absolute atomic E-state index is 6.21. The van der Waals surface area contributed by atoms with Gasteiger partial charge in [-0.3, -0.25) is 0 Å². The quantitative estimate of drug-likeness (QED) is 0.893. The molecule has 0 aliphatic heterocycles. The number of hydrogen-bond donors (Lipinski definition) is 1. The van der Waals surface area contributed by atoms with E-state index in [0.29, 0.717) is 12.1 Å². The summed E-state index contributed by atoms with van der Waals surface area (Å²) in [5.41, 5.74) is 5.42. The van der Waals surface area contributed by atoms with Gasteiger partial charge >= 0.3 is 0 Å². The maximum atomic E-state index is 6.21. The molecule has 1 N–H and O–H groups in total. The van der Waals surface area contributed by atoms with Gasteiger partial charge in [-0.15, -0.1) is 0 Å². The third-order valence-electron chi connectivity index (χ3n) is 4.36. The molecular weight excluding hydrogens is 234 g/mol. The van der Waals surface area contributed by atoms with Gasteiger partial charge in [0.15, 0.2) is 0 Å². The summed E-state index contributed by atoms with van der Waals surface area (Å²) in [5.74, 6) is 0. The molecule has 2 heteroatoms. The van der Waals surface area contributed by atoms with Crippen molar-refractivity contribution in [3.05, 3.63) is 34.4 Å². The van der Waals surface area contributed by atoms with Gasteiger partial charge in [0.2, 0.25) is 0 Å². The van der Waals surface area contributed by atoms with Crippen LogP contribution in [-0.4, -0.2) is 19.2 Å². The standard InChI is InChI=1S/C17H27NO/c1-12-9-13(2)15(14(3)10-12)11-19-17-8-6-5-7-16(17)18-4/h9-10,16-18H,5-8,11H2,1-4H3. The third-order valence-corrected chi connectivity index (χ3v) is 4.36. The highest BCUT2D eigenvalue weighted by molar-refractivity contribution is 5.36. The zero-order chi connectivity index (χ0) is 13.8. The molecule has 0 amide bonds. The Morgan fingerprint density at radius 1 is 1.11 bits per heavy atom. The van der Waals surface area contributed by atoms with Crippen molar-refractivity contribution in [2.24, 2.45) is 0 Å². The van der Waals surface area contributed by atoms with E-state index in [9.17, 15) is 0 Å². The Morgan fingerprint density at radius 2 is 1.74 bits per heavy atom. The van der Waals surface area contributed by atoms with E-state index >= 15 is 0 Å². The Kier molecular flexibility index (Phi) is 5.00. The van der Waals surface area contributed by atoms with E-state index in [4.69, 9.17) is 4.74 Å². The van der Waals surface area contributed by atoms with Crippen LogP contribution in [0.4, 0.5) is 0 Å². The van der Waals surface area contributed by atoms with Crippen LogP contribution in [0.25, 0.3) is 0 Å². The van der Waals surface area contributed by atoms with Crippen LogP contribution in [0.3, 0.4) is 0 Å². The molecule has 1 aliphatic rings. The minimum Gasteiger partial charge on any atom is -0.372 e. The first-order valence-corrected chi connectivity index (χ1v) is 7.47. The zero-order valence-electron chi connectivity index (χ0n) is 12.8. The summed E-state index contributed by atoms with van der Waals surface area (Å²) in [4.78, 5) is 0. The summed E-state index contributed by atoms with van der Waals surface area (Å²) >= 11 is 0. The molecule has 0 saturated heterocycles. The van der Waals surface area contributed by atoms with Crippen LogP contribution in [0, 0.1) is 20.8 Å². The average Bonchev–Trinajstić information content (AvgIpc) is 2.38. The minimum atomic E-state index is 0.374. The largest absolute Gasteiger partial charge is 0.372 e. The molecular formula is C17H27NO. The van der Waals surface area contributed by atoms with E-state index in [1.807, 2.05) is 0 Å². The molecule has 2 unspecified atom stereocenters. The van der Waals surface area contributed by atoms with Crippen LogP contribution in [0.2, 0.25) is 0 Å². The summed E-state index contributed by atoms with van der Waals surface area (Å²) in [6.45, 7) is 7.29. The highest BCUT2D eigenvalue weighted by Crippen LogP contribution is 2.24. The van der Waals surface area contributed by atoms with E-state index in [1.165, 1.54) is 47.9 Å². The molecule has 2 atom stereocenters. The monoisotopic (exact) mass is 261 g/mol. The lowest BCUT2D eigenvalue weighted by Gasteiger charge is -2.31. The lowest BCUT2D eigenvalue weighted by molar-refractivity contribution is -0.00400. The van der Waals surface area contributed by atoms with Gasteiger partial charge in [-0.1, -0.05) is 30.5 Å². The normalized spacial score (nSPS) is 23.6. The topological polar surface area (TPSA) is 21.3 Å². The number of likely N-dealkylation sites (N-methyl/N-ethyl adjacent to an activating group) is 1. The van der Waals surface area contributed by atoms with Crippen molar-refractivity contribution >= 4 is 0 Å². The predicted molar refractivity (Wildman–Crippen MR) is 80.5 cm³/mol. The molecule has 0 aromatic heterocycles. The molecule has 1 aromatic carbocycles. The minimum absolute atomic E-state index is 0.374. The van der Waals surface area contributed by atoms with E-state index in [1.54, 1.807) is 0 Å². The second-order valence-electron chi connectivity index (χ2n) is 5.91. The van der Waals surface area contributed by atoms with Crippen molar-refractivity contribution in [3.63, 3.8) is 0 Å². The first-order valence-electron chi connectivity index (χ1n) is 7.47. The summed E-state index contributed by atoms with van der Waals surface area (Å²) in [6.07, 6.45) is 5.43. The molecule has 106 valence electrons. The molecule has 2 rings (SSSR count). The summed E-state index contributed by atoms with van der Waals surface area (Å²) < 4.78 is 6.21. The Balaban J connectivity index is 2.02. The van der Waals surface area contributed by atoms with Gasteiger partial charge in [0.1, 0.15) is 0 Å². The first kappa shape index (κ1) is 14.5. The maximum Gasteiger partial charge on any atom is 0.0732 e. The van der Waals surface area contributed by atoms with Crippen LogP contribution >= 0.6 is 0 Å². The second kappa shape index (κ2) is 6.53. The van der Waals surface area contributed by atoms with Crippen molar-refractivity contribution in [2.75, 3.05) is 7.05 Å². The van der Waals surface area contributed by atoms with E-state index in [0.717, 1.165) is 6.61 Å². The number of hydrogen-bond acceptors (Lipinski definition) is 2. The molecule has 1 saturated carbocycles. The smallest absolute Gasteiger partial charge is 0.0732 e. The van der Waals surface area contributed by atoms with Crippen LogP contribution in [0.5, 0.6) is 0 Å².